The first kappa shape index (κ1) is 26.3. The molecule has 0 saturated heterocycles. The molecule has 1 amide bonds. The largest absolute Gasteiger partial charge is 0.496 e. The first-order valence-corrected chi connectivity index (χ1v) is 13.3. The highest BCUT2D eigenvalue weighted by Crippen LogP contribution is 2.38. The van der Waals surface area contributed by atoms with Gasteiger partial charge in [-0.3, -0.25) is 4.90 Å². The number of anilines is 1. The standard InChI is InChI=1S/C26H30ClN5O5S/c1-26(2,3)36-25(33)31-13-16-11-28-32(18(16)14-31)12-15-8-20(35-5)23-21(9-15)37-29-24(23)30-38-22-10-17(27)6-7-19(22)34-4/h6-10,28H,11-14H2,1-5H3,(H,29,30). The molecule has 3 aromatic rings. The number of hydrazine groups is 1. The third-order valence-corrected chi connectivity index (χ3v) is 7.20. The summed E-state index contributed by atoms with van der Waals surface area (Å²) in [6.07, 6.45) is -0.301. The molecule has 0 atom stereocenters. The number of rotatable bonds is 7. The fourth-order valence-corrected chi connectivity index (χ4v) is 5.45. The van der Waals surface area contributed by atoms with Crippen molar-refractivity contribution in [2.24, 2.45) is 0 Å². The predicted octanol–water partition coefficient (Wildman–Crippen LogP) is 5.44. The molecule has 10 nitrogen and oxygen atoms in total. The molecule has 5 rings (SSSR count). The van der Waals surface area contributed by atoms with Crippen molar-refractivity contribution in [3.63, 3.8) is 0 Å². The first-order valence-electron chi connectivity index (χ1n) is 12.1. The molecule has 202 valence electrons. The van der Waals surface area contributed by atoms with E-state index < -0.39 is 5.60 Å². The Hall–Kier alpha value is -3.28. The number of amides is 1. The number of hydrogen-bond acceptors (Lipinski definition) is 10. The van der Waals surface area contributed by atoms with Gasteiger partial charge in [-0.05, 0) is 74.2 Å². The normalized spacial score (nSPS) is 15.3. The fourth-order valence-electron chi connectivity index (χ4n) is 4.43. The summed E-state index contributed by atoms with van der Waals surface area (Å²) in [7, 11) is 3.23. The van der Waals surface area contributed by atoms with Gasteiger partial charge in [0.25, 0.3) is 0 Å². The molecule has 0 saturated carbocycles. The highest BCUT2D eigenvalue weighted by atomic mass is 35.5. The van der Waals surface area contributed by atoms with E-state index >= 15 is 0 Å². The second-order valence-corrected chi connectivity index (χ2v) is 11.3. The van der Waals surface area contributed by atoms with E-state index in [2.05, 4.69) is 20.3 Å². The quantitative estimate of drug-likeness (QED) is 0.364. The maximum atomic E-state index is 12.6. The van der Waals surface area contributed by atoms with Gasteiger partial charge in [0.1, 0.15) is 22.5 Å². The zero-order valence-electron chi connectivity index (χ0n) is 21.9. The van der Waals surface area contributed by atoms with E-state index in [1.54, 1.807) is 25.2 Å². The van der Waals surface area contributed by atoms with Crippen molar-refractivity contribution in [2.75, 3.05) is 38.6 Å². The van der Waals surface area contributed by atoms with E-state index in [1.807, 2.05) is 45.0 Å². The van der Waals surface area contributed by atoms with E-state index in [4.69, 9.17) is 30.3 Å². The predicted molar refractivity (Wildman–Crippen MR) is 146 cm³/mol. The van der Waals surface area contributed by atoms with Crippen LogP contribution < -0.4 is 19.6 Å². The van der Waals surface area contributed by atoms with Crippen LogP contribution in [0.5, 0.6) is 11.5 Å². The number of nitrogens with zero attached hydrogens (tertiary/aromatic N) is 3. The summed E-state index contributed by atoms with van der Waals surface area (Å²) < 4.78 is 25.6. The van der Waals surface area contributed by atoms with Gasteiger partial charge in [0, 0.05) is 18.1 Å². The average molecular weight is 560 g/mol. The van der Waals surface area contributed by atoms with Crippen LogP contribution in [0, 0.1) is 0 Å². The van der Waals surface area contributed by atoms with Gasteiger partial charge >= 0.3 is 6.09 Å². The number of hydrogen-bond donors (Lipinski definition) is 2. The molecular formula is C26H30ClN5O5S. The Bertz CT molecular complexity index is 1400. The van der Waals surface area contributed by atoms with Crippen LogP contribution in [0.4, 0.5) is 10.6 Å². The summed E-state index contributed by atoms with van der Waals surface area (Å²) in [5.41, 5.74) is 6.72. The summed E-state index contributed by atoms with van der Waals surface area (Å²) in [6, 6.07) is 9.31. The Labute approximate surface area is 230 Å². The number of carbonyl (C=O) groups is 1. The maximum Gasteiger partial charge on any atom is 0.410 e. The van der Waals surface area contributed by atoms with Crippen LogP contribution >= 0.6 is 23.5 Å². The van der Waals surface area contributed by atoms with Gasteiger partial charge in [0.05, 0.1) is 37.9 Å². The highest BCUT2D eigenvalue weighted by Gasteiger charge is 2.35. The zero-order valence-corrected chi connectivity index (χ0v) is 23.5. The van der Waals surface area contributed by atoms with Crippen molar-refractivity contribution in [1.82, 2.24) is 20.5 Å². The molecule has 0 fully saturated rings. The summed E-state index contributed by atoms with van der Waals surface area (Å²) in [5, 5.41) is 7.63. The van der Waals surface area contributed by atoms with Gasteiger partial charge in [-0.15, -0.1) is 0 Å². The van der Waals surface area contributed by atoms with E-state index in [9.17, 15) is 4.79 Å². The Morgan fingerprint density at radius 1 is 1.18 bits per heavy atom. The van der Waals surface area contributed by atoms with Crippen molar-refractivity contribution < 1.29 is 23.5 Å². The Morgan fingerprint density at radius 3 is 2.71 bits per heavy atom. The van der Waals surface area contributed by atoms with E-state index in [0.29, 0.717) is 54.1 Å². The van der Waals surface area contributed by atoms with Gasteiger partial charge in [0.2, 0.25) is 0 Å². The lowest BCUT2D eigenvalue weighted by molar-refractivity contribution is 0.0284. The number of halogens is 1. The lowest BCUT2D eigenvalue weighted by atomic mass is 10.1. The SMILES string of the molecule is COc1ccc(Cl)cc1SNc1noc2cc(CN3NCC4=C3CN(C(=O)OC(C)(C)C)C4)cc(OC)c12. The molecule has 2 N–H and O–H groups in total. The summed E-state index contributed by atoms with van der Waals surface area (Å²) in [5.74, 6) is 1.86. The van der Waals surface area contributed by atoms with Crippen molar-refractivity contribution >= 4 is 46.4 Å². The zero-order chi connectivity index (χ0) is 27.0. The molecule has 2 aromatic carbocycles. The molecule has 1 aromatic heterocycles. The minimum atomic E-state index is -0.530. The van der Waals surface area contributed by atoms with Crippen LogP contribution in [0.15, 0.2) is 51.0 Å². The molecule has 2 aliphatic heterocycles. The van der Waals surface area contributed by atoms with Crippen molar-refractivity contribution in [2.45, 2.75) is 37.8 Å². The van der Waals surface area contributed by atoms with Gasteiger partial charge in [-0.1, -0.05) is 16.8 Å². The molecule has 12 heteroatoms. The molecule has 38 heavy (non-hydrogen) atoms. The minimum Gasteiger partial charge on any atom is -0.496 e. The number of fused-ring (bicyclic) bond motifs is 1. The van der Waals surface area contributed by atoms with Gasteiger partial charge in [-0.2, -0.15) is 0 Å². The maximum absolute atomic E-state index is 12.6. The smallest absolute Gasteiger partial charge is 0.410 e. The summed E-state index contributed by atoms with van der Waals surface area (Å²) in [4.78, 5) is 15.1. The Balaban J connectivity index is 1.31. The second kappa shape index (κ2) is 10.5. The van der Waals surface area contributed by atoms with Crippen LogP contribution in [0.1, 0.15) is 26.3 Å². The third-order valence-electron chi connectivity index (χ3n) is 6.13. The molecule has 0 spiro atoms. The molecule has 0 radical (unpaired) electrons. The molecule has 0 unspecified atom stereocenters. The van der Waals surface area contributed by atoms with E-state index in [-0.39, 0.29) is 6.09 Å². The molecule has 0 aliphatic carbocycles. The lowest BCUT2D eigenvalue weighted by Gasteiger charge is -2.27. The minimum absolute atomic E-state index is 0.301. The Morgan fingerprint density at radius 2 is 1.97 bits per heavy atom. The fraction of sp³-hybridized carbons (Fsp3) is 0.385. The molecular weight excluding hydrogens is 530 g/mol. The first-order chi connectivity index (χ1) is 18.1. The molecule has 2 aliphatic rings. The van der Waals surface area contributed by atoms with Crippen LogP contribution in [-0.2, 0) is 11.3 Å². The second-order valence-electron chi connectivity index (χ2n) is 10.0. The number of aromatic nitrogens is 1. The van der Waals surface area contributed by atoms with Gasteiger partial charge in [0.15, 0.2) is 11.4 Å². The lowest BCUT2D eigenvalue weighted by Crippen LogP contribution is -2.40. The van der Waals surface area contributed by atoms with Gasteiger partial charge in [-0.25, -0.2) is 10.2 Å². The van der Waals surface area contributed by atoms with Crippen LogP contribution in [0.2, 0.25) is 5.02 Å². The van der Waals surface area contributed by atoms with Crippen molar-refractivity contribution in [1.29, 1.82) is 0 Å². The van der Waals surface area contributed by atoms with Crippen molar-refractivity contribution in [3.05, 3.63) is 52.2 Å². The highest BCUT2D eigenvalue weighted by molar-refractivity contribution is 8.00. The van der Waals surface area contributed by atoms with Crippen LogP contribution in [0.3, 0.4) is 0 Å². The van der Waals surface area contributed by atoms with Crippen LogP contribution in [-0.4, -0.2) is 60.6 Å². The summed E-state index contributed by atoms with van der Waals surface area (Å²) >= 11 is 7.48. The van der Waals surface area contributed by atoms with Crippen LogP contribution in [0.25, 0.3) is 11.0 Å². The number of ether oxygens (including phenoxy) is 3. The number of benzene rings is 2. The number of methoxy groups -OCH3 is 2. The summed E-state index contributed by atoms with van der Waals surface area (Å²) in [6.45, 7) is 7.92. The monoisotopic (exact) mass is 559 g/mol. The molecule has 0 bridgehead atoms. The average Bonchev–Trinajstić information content (AvgIpc) is 3.57. The topological polar surface area (TPSA) is 101 Å². The van der Waals surface area contributed by atoms with E-state index in [0.717, 1.165) is 21.5 Å². The third kappa shape index (κ3) is 5.45. The molecule has 3 heterocycles. The Kier molecular flexibility index (Phi) is 7.26. The number of nitrogens with one attached hydrogen (secondary N) is 2. The van der Waals surface area contributed by atoms with E-state index in [1.165, 1.54) is 17.5 Å². The van der Waals surface area contributed by atoms with Crippen molar-refractivity contribution in [3.8, 4) is 11.5 Å². The van der Waals surface area contributed by atoms with Gasteiger partial charge < -0.3 is 28.5 Å². The number of carbonyl (C=O) groups excluding carboxylic acids is 1.